The number of hydrogen-bond donors (Lipinski definition) is 1. The van der Waals surface area contributed by atoms with E-state index in [1.54, 1.807) is 28.4 Å². The highest BCUT2D eigenvalue weighted by molar-refractivity contribution is 5.79. The summed E-state index contributed by atoms with van der Waals surface area (Å²) in [6.07, 6.45) is 4.67. The van der Waals surface area contributed by atoms with Crippen LogP contribution in [0.2, 0.25) is 0 Å². The van der Waals surface area contributed by atoms with E-state index in [4.69, 9.17) is 34.0 Å². The lowest BCUT2D eigenvalue weighted by Gasteiger charge is -2.16. The molecule has 36 heavy (non-hydrogen) atoms. The molecule has 1 aliphatic carbocycles. The molecule has 0 radical (unpaired) electrons. The van der Waals surface area contributed by atoms with Crippen LogP contribution in [0.25, 0.3) is 16.9 Å². The number of ether oxygens (including phenoxy) is 4. The lowest BCUT2D eigenvalue weighted by Crippen LogP contribution is -2.08. The molecule has 0 spiro atoms. The van der Waals surface area contributed by atoms with Crippen molar-refractivity contribution < 1.29 is 18.9 Å². The van der Waals surface area contributed by atoms with E-state index < -0.39 is 0 Å². The quantitative estimate of drug-likeness (QED) is 0.345. The van der Waals surface area contributed by atoms with Crippen LogP contribution in [-0.2, 0) is 0 Å². The maximum absolute atomic E-state index is 5.55. The van der Waals surface area contributed by atoms with Crippen molar-refractivity contribution in [2.24, 2.45) is 0 Å². The molecule has 188 valence electrons. The van der Waals surface area contributed by atoms with Crippen LogP contribution in [-0.4, -0.2) is 48.0 Å². The summed E-state index contributed by atoms with van der Waals surface area (Å²) in [5.41, 5.74) is 3.36. The lowest BCUT2D eigenvalue weighted by atomic mass is 10.1. The van der Waals surface area contributed by atoms with E-state index in [9.17, 15) is 0 Å². The van der Waals surface area contributed by atoms with E-state index in [1.165, 1.54) is 12.8 Å². The minimum Gasteiger partial charge on any atom is -0.497 e. The van der Waals surface area contributed by atoms with Gasteiger partial charge in [0.05, 0.1) is 34.1 Å². The molecule has 2 aromatic heterocycles. The predicted molar refractivity (Wildman–Crippen MR) is 138 cm³/mol. The molecule has 1 N–H and O–H groups in total. The molecule has 2 heterocycles. The molecule has 1 fully saturated rings. The van der Waals surface area contributed by atoms with E-state index in [1.807, 2.05) is 47.8 Å². The summed E-state index contributed by atoms with van der Waals surface area (Å²) in [6.45, 7) is 2.00. The van der Waals surface area contributed by atoms with Gasteiger partial charge in [0.2, 0.25) is 5.75 Å². The minimum atomic E-state index is 0.388. The lowest BCUT2D eigenvalue weighted by molar-refractivity contribution is 0.324. The van der Waals surface area contributed by atoms with E-state index in [0.717, 1.165) is 46.9 Å². The third kappa shape index (κ3) is 4.25. The molecule has 0 amide bonds. The summed E-state index contributed by atoms with van der Waals surface area (Å²) in [6, 6.07) is 11.5. The van der Waals surface area contributed by atoms with E-state index in [-0.39, 0.29) is 0 Å². The number of methoxy groups -OCH3 is 4. The molecule has 0 saturated heterocycles. The summed E-state index contributed by atoms with van der Waals surface area (Å²) in [4.78, 5) is 9.90. The van der Waals surface area contributed by atoms with Gasteiger partial charge in [0, 0.05) is 29.3 Å². The summed E-state index contributed by atoms with van der Waals surface area (Å²) in [5.74, 6) is 5.04. The van der Waals surface area contributed by atoms with Gasteiger partial charge in [-0.15, -0.1) is 5.10 Å². The Kier molecular flexibility index (Phi) is 6.54. The van der Waals surface area contributed by atoms with Crippen molar-refractivity contribution in [3.05, 3.63) is 47.9 Å². The fourth-order valence-electron chi connectivity index (χ4n) is 4.88. The van der Waals surface area contributed by atoms with Crippen molar-refractivity contribution in [3.8, 4) is 34.4 Å². The molecular weight excluding hydrogens is 458 g/mol. The standard InChI is InChI=1S/C27H31N5O4/c1-16-23-26(29-19-14-21(34-3)24(36-5)22(15-19)35-4)30-25(17-10-12-20(33-2)13-11-17)31-32(23)27(28-16)18-8-6-7-9-18/h10-15,18H,6-9H2,1-5H3,(H,29,30,31). The molecule has 0 aliphatic heterocycles. The maximum atomic E-state index is 5.55. The first kappa shape index (κ1) is 23.7. The molecule has 1 aliphatic rings. The minimum absolute atomic E-state index is 0.388. The number of aryl methyl sites for hydroxylation is 1. The van der Waals surface area contributed by atoms with E-state index >= 15 is 0 Å². The van der Waals surface area contributed by atoms with Crippen LogP contribution in [0.1, 0.15) is 43.1 Å². The van der Waals surface area contributed by atoms with Crippen molar-refractivity contribution in [2.45, 2.75) is 38.5 Å². The molecular formula is C27H31N5O4. The molecule has 9 nitrogen and oxygen atoms in total. The fourth-order valence-corrected chi connectivity index (χ4v) is 4.88. The normalized spacial score (nSPS) is 13.7. The Balaban J connectivity index is 1.67. The van der Waals surface area contributed by atoms with Crippen LogP contribution in [0.5, 0.6) is 23.0 Å². The van der Waals surface area contributed by atoms with Gasteiger partial charge in [-0.1, -0.05) is 12.8 Å². The van der Waals surface area contributed by atoms with Crippen LogP contribution in [0, 0.1) is 6.92 Å². The zero-order valence-electron chi connectivity index (χ0n) is 21.3. The number of fused-ring (bicyclic) bond motifs is 1. The Hall–Kier alpha value is -4.01. The van der Waals surface area contributed by atoms with Crippen LogP contribution in [0.15, 0.2) is 36.4 Å². The number of nitrogens with one attached hydrogen (secondary N) is 1. The molecule has 0 atom stereocenters. The van der Waals surface area contributed by atoms with Crippen molar-refractivity contribution >= 4 is 17.0 Å². The Bertz CT molecular complexity index is 1350. The SMILES string of the molecule is COc1ccc(-c2nc(Nc3cc(OC)c(OC)c(OC)c3)c3c(C)nc(C4CCCC4)n3n2)cc1. The highest BCUT2D eigenvalue weighted by Crippen LogP contribution is 2.41. The predicted octanol–water partition coefficient (Wildman–Crippen LogP) is 5.54. The van der Waals surface area contributed by atoms with Crippen LogP contribution in [0.4, 0.5) is 11.5 Å². The number of anilines is 2. The van der Waals surface area contributed by atoms with Gasteiger partial charge in [-0.05, 0) is 44.0 Å². The van der Waals surface area contributed by atoms with Crippen molar-refractivity contribution in [3.63, 3.8) is 0 Å². The number of hydrogen-bond acceptors (Lipinski definition) is 8. The van der Waals surface area contributed by atoms with Crippen molar-refractivity contribution in [1.29, 1.82) is 0 Å². The monoisotopic (exact) mass is 489 g/mol. The number of benzene rings is 2. The van der Waals surface area contributed by atoms with Gasteiger partial charge in [-0.3, -0.25) is 0 Å². The van der Waals surface area contributed by atoms with E-state index in [0.29, 0.717) is 34.8 Å². The first-order valence-corrected chi connectivity index (χ1v) is 12.0. The third-order valence-electron chi connectivity index (χ3n) is 6.69. The number of imidazole rings is 1. The molecule has 1 saturated carbocycles. The Labute approximate surface area is 210 Å². The Morgan fingerprint density at radius 3 is 2.11 bits per heavy atom. The second kappa shape index (κ2) is 9.93. The van der Waals surface area contributed by atoms with Crippen molar-refractivity contribution in [2.75, 3.05) is 33.8 Å². The maximum Gasteiger partial charge on any atom is 0.203 e. The van der Waals surface area contributed by atoms with Gasteiger partial charge in [0.1, 0.15) is 17.1 Å². The van der Waals surface area contributed by atoms with Gasteiger partial charge in [-0.25, -0.2) is 14.5 Å². The zero-order valence-corrected chi connectivity index (χ0v) is 21.3. The Morgan fingerprint density at radius 1 is 0.861 bits per heavy atom. The largest absolute Gasteiger partial charge is 0.497 e. The van der Waals surface area contributed by atoms with Gasteiger partial charge >= 0.3 is 0 Å². The number of nitrogens with zero attached hydrogens (tertiary/aromatic N) is 4. The topological polar surface area (TPSA) is 92.0 Å². The van der Waals surface area contributed by atoms with Crippen molar-refractivity contribution in [1.82, 2.24) is 19.6 Å². The number of aromatic nitrogens is 4. The first-order valence-electron chi connectivity index (χ1n) is 12.0. The Morgan fingerprint density at radius 2 is 1.53 bits per heavy atom. The van der Waals surface area contributed by atoms with Crippen LogP contribution in [0.3, 0.4) is 0 Å². The van der Waals surface area contributed by atoms with E-state index in [2.05, 4.69) is 5.32 Å². The molecule has 0 unspecified atom stereocenters. The van der Waals surface area contributed by atoms with Gasteiger partial charge in [0.25, 0.3) is 0 Å². The molecule has 0 bridgehead atoms. The summed E-state index contributed by atoms with van der Waals surface area (Å²) < 4.78 is 23.9. The van der Waals surface area contributed by atoms with Gasteiger partial charge < -0.3 is 24.3 Å². The van der Waals surface area contributed by atoms with Crippen LogP contribution < -0.4 is 24.3 Å². The second-order valence-electron chi connectivity index (χ2n) is 8.85. The molecule has 2 aromatic carbocycles. The fraction of sp³-hybridized carbons (Fsp3) is 0.370. The third-order valence-corrected chi connectivity index (χ3v) is 6.69. The van der Waals surface area contributed by atoms with Gasteiger partial charge in [-0.2, -0.15) is 0 Å². The summed E-state index contributed by atoms with van der Waals surface area (Å²) in [7, 11) is 6.43. The highest BCUT2D eigenvalue weighted by Gasteiger charge is 2.26. The molecule has 4 aromatic rings. The molecule has 9 heteroatoms. The average Bonchev–Trinajstić information content (AvgIpc) is 3.56. The van der Waals surface area contributed by atoms with Gasteiger partial charge in [0.15, 0.2) is 23.1 Å². The first-order chi connectivity index (χ1) is 17.6. The number of rotatable bonds is 8. The smallest absolute Gasteiger partial charge is 0.203 e. The second-order valence-corrected chi connectivity index (χ2v) is 8.85. The highest BCUT2D eigenvalue weighted by atomic mass is 16.5. The zero-order chi connectivity index (χ0) is 25.2. The average molecular weight is 490 g/mol. The summed E-state index contributed by atoms with van der Waals surface area (Å²) in [5, 5.41) is 8.43. The van der Waals surface area contributed by atoms with Crippen LogP contribution >= 0.6 is 0 Å². The summed E-state index contributed by atoms with van der Waals surface area (Å²) >= 11 is 0. The molecule has 5 rings (SSSR count).